The Morgan fingerprint density at radius 1 is 0.970 bits per heavy atom. The Hall–Kier alpha value is -4.48. The molecule has 0 atom stereocenters. The number of rotatable bonds is 5. The molecule has 0 aliphatic heterocycles. The van der Waals surface area contributed by atoms with Crippen molar-refractivity contribution < 1.29 is 27.4 Å². The van der Waals surface area contributed by atoms with Gasteiger partial charge in [-0.25, -0.2) is 14.6 Å². The monoisotopic (exact) mass is 459 g/mol. The van der Waals surface area contributed by atoms with Gasteiger partial charge in [0.25, 0.3) is 0 Å². The van der Waals surface area contributed by atoms with E-state index in [2.05, 4.69) is 25.6 Å². The number of ether oxygens (including phenoxy) is 2. The van der Waals surface area contributed by atoms with Gasteiger partial charge in [-0.15, -0.1) is 0 Å². The molecule has 2 heterocycles. The molecular weight excluding hydrogens is 443 g/mol. The highest BCUT2D eigenvalue weighted by Gasteiger charge is 2.30. The van der Waals surface area contributed by atoms with E-state index in [9.17, 15) is 22.8 Å². The summed E-state index contributed by atoms with van der Waals surface area (Å²) in [6.45, 7) is 0. The summed E-state index contributed by atoms with van der Waals surface area (Å²) < 4.78 is 49.7. The van der Waals surface area contributed by atoms with Gasteiger partial charge in [0.05, 0.1) is 12.7 Å². The number of alkyl halides is 3. The van der Waals surface area contributed by atoms with E-state index in [1.54, 1.807) is 6.07 Å². The van der Waals surface area contributed by atoms with Crippen LogP contribution < -0.4 is 25.8 Å². The number of nitrogens with one attached hydrogen (secondary N) is 4. The number of aromatic amines is 2. The lowest BCUT2D eigenvalue weighted by molar-refractivity contribution is -0.137. The lowest BCUT2D eigenvalue weighted by Gasteiger charge is -2.14. The van der Waals surface area contributed by atoms with Gasteiger partial charge >= 0.3 is 17.9 Å². The molecule has 2 amide bonds. The molecule has 0 bridgehead atoms. The summed E-state index contributed by atoms with van der Waals surface area (Å²) in [5.41, 5.74) is -0.340. The molecule has 0 fully saturated rings. The van der Waals surface area contributed by atoms with Crippen LogP contribution in [0.25, 0.3) is 11.2 Å². The van der Waals surface area contributed by atoms with E-state index in [4.69, 9.17) is 9.47 Å². The van der Waals surface area contributed by atoms with Crippen LogP contribution in [0, 0.1) is 0 Å². The summed E-state index contributed by atoms with van der Waals surface area (Å²) in [6.07, 6.45) is -3.06. The number of benzene rings is 2. The molecule has 0 spiro atoms. The maximum absolute atomic E-state index is 12.8. The predicted molar refractivity (Wildman–Crippen MR) is 114 cm³/mol. The summed E-state index contributed by atoms with van der Waals surface area (Å²) in [5.74, 6) is 0.866. The fourth-order valence-electron chi connectivity index (χ4n) is 3.01. The molecule has 0 saturated carbocycles. The predicted octanol–water partition coefficient (Wildman–Crippen LogP) is 4.71. The number of nitrogens with zero attached hydrogens (tertiary/aromatic N) is 1. The maximum Gasteiger partial charge on any atom is 0.416 e. The van der Waals surface area contributed by atoms with Gasteiger partial charge in [-0.2, -0.15) is 13.2 Å². The number of amides is 2. The van der Waals surface area contributed by atoms with Crippen LogP contribution in [0.2, 0.25) is 0 Å². The van der Waals surface area contributed by atoms with E-state index in [-0.39, 0.29) is 17.2 Å². The lowest BCUT2D eigenvalue weighted by atomic mass is 10.2. The fourth-order valence-corrected chi connectivity index (χ4v) is 3.01. The fraction of sp³-hybridized carbons (Fsp3) is 0.0952. The number of anilines is 2. The molecule has 4 aromatic rings. The number of fused-ring (bicyclic) bond motifs is 1. The number of H-pyrrole nitrogens is 2. The number of hydrogen-bond acceptors (Lipinski definition) is 5. The number of hydrogen-bond donors (Lipinski definition) is 4. The van der Waals surface area contributed by atoms with Gasteiger partial charge < -0.3 is 25.1 Å². The van der Waals surface area contributed by atoms with Gasteiger partial charge in [-0.05, 0) is 30.3 Å². The second-order valence-electron chi connectivity index (χ2n) is 6.74. The van der Waals surface area contributed by atoms with E-state index >= 15 is 0 Å². The van der Waals surface area contributed by atoms with Crippen LogP contribution in [-0.4, -0.2) is 28.1 Å². The largest absolute Gasteiger partial charge is 0.493 e. The summed E-state index contributed by atoms with van der Waals surface area (Å²) in [7, 11) is 1.40. The topological polar surface area (TPSA) is 121 Å². The minimum atomic E-state index is -4.52. The van der Waals surface area contributed by atoms with Gasteiger partial charge in [0, 0.05) is 29.7 Å². The average molecular weight is 459 g/mol. The first kappa shape index (κ1) is 21.7. The number of imidazole rings is 1. The van der Waals surface area contributed by atoms with E-state index in [1.807, 2.05) is 0 Å². The number of carbonyl (C=O) groups excluding carboxylic acids is 1. The molecule has 4 rings (SSSR count). The van der Waals surface area contributed by atoms with Gasteiger partial charge in [0.15, 0.2) is 22.9 Å². The zero-order valence-electron chi connectivity index (χ0n) is 16.9. The minimum absolute atomic E-state index is 0.0172. The molecule has 0 unspecified atom stereocenters. The average Bonchev–Trinajstić information content (AvgIpc) is 3.15. The van der Waals surface area contributed by atoms with E-state index in [0.717, 1.165) is 12.1 Å². The van der Waals surface area contributed by atoms with Crippen LogP contribution in [-0.2, 0) is 6.18 Å². The second-order valence-corrected chi connectivity index (χ2v) is 6.74. The summed E-state index contributed by atoms with van der Waals surface area (Å²) in [5, 5.41) is 4.87. The Morgan fingerprint density at radius 2 is 1.73 bits per heavy atom. The first-order valence-corrected chi connectivity index (χ1v) is 9.41. The van der Waals surface area contributed by atoms with Crippen molar-refractivity contribution in [2.24, 2.45) is 0 Å². The molecule has 12 heteroatoms. The normalized spacial score (nSPS) is 11.3. The van der Waals surface area contributed by atoms with E-state index in [1.165, 1.54) is 43.6 Å². The number of urea groups is 1. The highest BCUT2D eigenvalue weighted by molar-refractivity contribution is 6.00. The Kier molecular flexibility index (Phi) is 5.65. The number of halogens is 3. The Balaban J connectivity index is 1.50. The smallest absolute Gasteiger partial charge is 0.416 e. The van der Waals surface area contributed by atoms with Crippen LogP contribution in [0.4, 0.5) is 29.3 Å². The molecule has 9 nitrogen and oxygen atoms in total. The minimum Gasteiger partial charge on any atom is -0.493 e. The van der Waals surface area contributed by atoms with Gasteiger partial charge in [0.2, 0.25) is 0 Å². The summed E-state index contributed by atoms with van der Waals surface area (Å²) in [4.78, 5) is 32.9. The molecule has 0 aliphatic carbocycles. The molecule has 2 aromatic carbocycles. The highest BCUT2D eigenvalue weighted by atomic mass is 19.4. The van der Waals surface area contributed by atoms with E-state index < -0.39 is 23.5 Å². The van der Waals surface area contributed by atoms with Crippen molar-refractivity contribution >= 4 is 28.6 Å². The van der Waals surface area contributed by atoms with E-state index in [0.29, 0.717) is 22.6 Å². The van der Waals surface area contributed by atoms with Crippen molar-refractivity contribution in [1.29, 1.82) is 0 Å². The standard InChI is InChI=1S/C21H16F3N5O4/c1-32-16-10-13(27-19(30)26-12-4-2-3-11(9-12)21(22,23)24)5-6-14(16)33-15-7-8-25-18-17(15)28-20(31)29-18/h2-10H,1H3,(H2,26,27,30)(H2,25,28,29,31). The molecule has 33 heavy (non-hydrogen) atoms. The van der Waals surface area contributed by atoms with Crippen LogP contribution >= 0.6 is 0 Å². The van der Waals surface area contributed by atoms with Crippen molar-refractivity contribution in [1.82, 2.24) is 15.0 Å². The molecule has 0 aliphatic rings. The number of methoxy groups -OCH3 is 1. The van der Waals surface area contributed by atoms with Crippen LogP contribution in [0.1, 0.15) is 5.56 Å². The lowest BCUT2D eigenvalue weighted by Crippen LogP contribution is -2.19. The SMILES string of the molecule is COc1cc(NC(=O)Nc2cccc(C(F)(F)F)c2)ccc1Oc1ccnc2[nH]c(=O)[nH]c12. The van der Waals surface area contributed by atoms with Crippen molar-refractivity contribution in [2.45, 2.75) is 6.18 Å². The maximum atomic E-state index is 12.8. The third-order valence-electron chi connectivity index (χ3n) is 4.47. The molecule has 170 valence electrons. The first-order valence-electron chi connectivity index (χ1n) is 9.41. The van der Waals surface area contributed by atoms with Gasteiger partial charge in [-0.1, -0.05) is 6.07 Å². The third-order valence-corrected chi connectivity index (χ3v) is 4.47. The molecule has 4 N–H and O–H groups in total. The molecular formula is C21H16F3N5O4. The van der Waals surface area contributed by atoms with Crippen LogP contribution in [0.15, 0.2) is 59.5 Å². The van der Waals surface area contributed by atoms with Crippen molar-refractivity contribution in [2.75, 3.05) is 17.7 Å². The third kappa shape index (κ3) is 4.89. The molecule has 0 radical (unpaired) electrons. The van der Waals surface area contributed by atoms with Crippen molar-refractivity contribution in [3.63, 3.8) is 0 Å². The zero-order valence-corrected chi connectivity index (χ0v) is 16.9. The van der Waals surface area contributed by atoms with Gasteiger partial charge in [0.1, 0.15) is 5.52 Å². The number of pyridine rings is 1. The quantitative estimate of drug-likeness (QED) is 0.344. The number of carbonyl (C=O) groups is 1. The Labute approximate surface area is 183 Å². The van der Waals surface area contributed by atoms with Crippen LogP contribution in [0.3, 0.4) is 0 Å². The first-order chi connectivity index (χ1) is 15.7. The van der Waals surface area contributed by atoms with Gasteiger partial charge in [-0.3, -0.25) is 4.98 Å². The Bertz CT molecular complexity index is 1380. The summed E-state index contributed by atoms with van der Waals surface area (Å²) >= 11 is 0. The zero-order chi connectivity index (χ0) is 23.6. The highest BCUT2D eigenvalue weighted by Crippen LogP contribution is 2.35. The van der Waals surface area contributed by atoms with Crippen molar-refractivity contribution in [3.8, 4) is 17.2 Å². The number of aromatic nitrogens is 3. The molecule has 0 saturated heterocycles. The Morgan fingerprint density at radius 3 is 2.45 bits per heavy atom. The van der Waals surface area contributed by atoms with Crippen LogP contribution in [0.5, 0.6) is 17.2 Å². The summed E-state index contributed by atoms with van der Waals surface area (Å²) in [6, 6.07) is 9.60. The van der Waals surface area contributed by atoms with Crippen molar-refractivity contribution in [3.05, 3.63) is 70.8 Å². The second kappa shape index (κ2) is 8.57. The molecule has 2 aromatic heterocycles.